The van der Waals surface area contributed by atoms with Crippen LogP contribution in [0, 0.1) is 0 Å². The number of hydrogen-bond acceptors (Lipinski definition) is 3. The van der Waals surface area contributed by atoms with E-state index in [1.54, 1.807) is 36.0 Å². The average Bonchev–Trinajstić information content (AvgIpc) is 3.03. The van der Waals surface area contributed by atoms with Gasteiger partial charge in [0, 0.05) is 45.7 Å². The van der Waals surface area contributed by atoms with Gasteiger partial charge >= 0.3 is 6.18 Å². The molecule has 0 bridgehead atoms. The summed E-state index contributed by atoms with van der Waals surface area (Å²) in [7, 11) is 0. The minimum Gasteiger partial charge on any atom is -0.322 e. The minimum absolute atomic E-state index is 0.312. The monoisotopic (exact) mass is 628 g/mol. The van der Waals surface area contributed by atoms with Crippen molar-refractivity contribution in [1.29, 1.82) is 0 Å². The van der Waals surface area contributed by atoms with Crippen molar-refractivity contribution in [3.63, 3.8) is 0 Å². The van der Waals surface area contributed by atoms with Gasteiger partial charge in [-0.2, -0.15) is 13.2 Å². The number of carbonyl (C=O) groups excluding carboxylic acids is 1. The first-order valence-corrected chi connectivity index (χ1v) is 15.4. The molecule has 0 aromatic heterocycles. The maximum Gasteiger partial charge on any atom is 0.416 e. The fourth-order valence-electron chi connectivity index (χ4n) is 5.40. The molecule has 1 aliphatic rings. The number of fused-ring (bicyclic) bond motifs is 1. The smallest absolute Gasteiger partial charge is 0.322 e. The van der Waals surface area contributed by atoms with E-state index in [2.05, 4.69) is 40.5 Å². The third-order valence-corrected chi connectivity index (χ3v) is 9.04. The molecule has 44 heavy (non-hydrogen) atoms. The van der Waals surface area contributed by atoms with E-state index < -0.39 is 11.7 Å². The Morgan fingerprint density at radius 1 is 0.841 bits per heavy atom. The van der Waals surface area contributed by atoms with E-state index in [0.717, 1.165) is 48.1 Å². The van der Waals surface area contributed by atoms with Crippen molar-refractivity contribution in [3.05, 3.63) is 148 Å². The Kier molecular flexibility index (Phi) is 8.80. The van der Waals surface area contributed by atoms with Crippen molar-refractivity contribution in [1.82, 2.24) is 4.90 Å². The van der Waals surface area contributed by atoms with Gasteiger partial charge in [-0.3, -0.25) is 9.69 Å². The number of alkyl halides is 3. The fraction of sp³-hybridized carbons (Fsp3) is 0.139. The van der Waals surface area contributed by atoms with Crippen LogP contribution in [0.3, 0.4) is 0 Å². The highest BCUT2D eigenvalue weighted by molar-refractivity contribution is 7.99. The van der Waals surface area contributed by atoms with E-state index in [1.807, 2.05) is 36.4 Å². The van der Waals surface area contributed by atoms with Gasteiger partial charge in [0.05, 0.1) is 5.56 Å². The standard InChI is InChI=1S/C36H28ClF3N2OS/c37-29-14-17-31(18-15-29)44-34-8-4-1-5-27(34)23-42-20-19-25-21-30(16-11-26(25)22-42)41-35(43)33-7-3-2-6-32(33)24-9-12-28(13-10-24)36(38,39)40/h1-18,21H,19-20,22-23H2,(H,41,43). The first-order valence-electron chi connectivity index (χ1n) is 14.2. The van der Waals surface area contributed by atoms with Crippen LogP contribution in [0.5, 0.6) is 0 Å². The van der Waals surface area contributed by atoms with Gasteiger partial charge in [-0.25, -0.2) is 0 Å². The first-order chi connectivity index (χ1) is 21.2. The zero-order valence-corrected chi connectivity index (χ0v) is 25.1. The van der Waals surface area contributed by atoms with Crippen LogP contribution in [-0.4, -0.2) is 17.4 Å². The minimum atomic E-state index is -4.42. The average molecular weight is 629 g/mol. The summed E-state index contributed by atoms with van der Waals surface area (Å²) in [6, 6.07) is 34.1. The Morgan fingerprint density at radius 2 is 1.57 bits per heavy atom. The van der Waals surface area contributed by atoms with Crippen molar-refractivity contribution in [2.45, 2.75) is 35.5 Å². The Hall–Kier alpha value is -4.04. The molecule has 0 unspecified atom stereocenters. The molecule has 0 aliphatic carbocycles. The van der Waals surface area contributed by atoms with Gasteiger partial charge in [-0.05, 0) is 94.9 Å². The maximum atomic E-state index is 13.3. The van der Waals surface area contributed by atoms with Crippen LogP contribution >= 0.6 is 23.4 Å². The number of amides is 1. The van der Waals surface area contributed by atoms with Gasteiger partial charge in [0.1, 0.15) is 0 Å². The second-order valence-corrected chi connectivity index (χ2v) is 12.2. The molecule has 0 radical (unpaired) electrons. The molecule has 6 rings (SSSR count). The normalized spacial score (nSPS) is 13.4. The zero-order valence-electron chi connectivity index (χ0n) is 23.6. The van der Waals surface area contributed by atoms with Gasteiger partial charge in [0.15, 0.2) is 0 Å². The predicted octanol–water partition coefficient (Wildman–Crippen LogP) is 9.99. The van der Waals surface area contributed by atoms with E-state index in [0.29, 0.717) is 22.4 Å². The number of hydrogen-bond donors (Lipinski definition) is 1. The van der Waals surface area contributed by atoms with Gasteiger partial charge in [0.25, 0.3) is 5.91 Å². The number of rotatable bonds is 7. The summed E-state index contributed by atoms with van der Waals surface area (Å²) in [5, 5.41) is 3.72. The molecule has 1 N–H and O–H groups in total. The molecule has 8 heteroatoms. The number of halogens is 4. The molecule has 0 fully saturated rings. The summed E-state index contributed by atoms with van der Waals surface area (Å²) in [6.07, 6.45) is -3.56. The molecule has 5 aromatic carbocycles. The molecular weight excluding hydrogens is 601 g/mol. The lowest BCUT2D eigenvalue weighted by molar-refractivity contribution is -0.137. The van der Waals surface area contributed by atoms with Crippen LogP contribution in [0.2, 0.25) is 5.02 Å². The molecule has 3 nitrogen and oxygen atoms in total. The van der Waals surface area contributed by atoms with Crippen LogP contribution in [-0.2, 0) is 25.7 Å². The second-order valence-electron chi connectivity index (χ2n) is 10.7. The third-order valence-electron chi connectivity index (χ3n) is 7.66. The van der Waals surface area contributed by atoms with Crippen LogP contribution in [0.15, 0.2) is 125 Å². The highest BCUT2D eigenvalue weighted by Crippen LogP contribution is 2.34. The molecular formula is C36H28ClF3N2OS. The van der Waals surface area contributed by atoms with Gasteiger partial charge < -0.3 is 5.32 Å². The molecule has 1 amide bonds. The Balaban J connectivity index is 1.13. The lowest BCUT2D eigenvalue weighted by Gasteiger charge is -2.29. The topological polar surface area (TPSA) is 32.3 Å². The molecule has 5 aromatic rings. The molecule has 222 valence electrons. The lowest BCUT2D eigenvalue weighted by Crippen LogP contribution is -2.30. The van der Waals surface area contributed by atoms with E-state index in [4.69, 9.17) is 11.6 Å². The number of nitrogens with zero attached hydrogens (tertiary/aromatic N) is 1. The molecule has 0 spiro atoms. The molecule has 0 saturated carbocycles. The Labute approximate surface area is 263 Å². The summed E-state index contributed by atoms with van der Waals surface area (Å²) < 4.78 is 39.1. The van der Waals surface area contributed by atoms with Crippen molar-refractivity contribution in [3.8, 4) is 11.1 Å². The zero-order chi connectivity index (χ0) is 30.7. The van der Waals surface area contributed by atoms with Crippen LogP contribution in [0.1, 0.15) is 32.6 Å². The van der Waals surface area contributed by atoms with Crippen molar-refractivity contribution >= 4 is 35.0 Å². The van der Waals surface area contributed by atoms with E-state index in [1.165, 1.54) is 33.7 Å². The fourth-order valence-corrected chi connectivity index (χ4v) is 6.46. The quantitative estimate of drug-likeness (QED) is 0.195. The summed E-state index contributed by atoms with van der Waals surface area (Å²) in [5.41, 5.74) is 5.16. The van der Waals surface area contributed by atoms with Crippen LogP contribution in [0.4, 0.5) is 18.9 Å². The van der Waals surface area contributed by atoms with Gasteiger partial charge in [0.2, 0.25) is 0 Å². The number of carbonyl (C=O) groups is 1. The molecule has 0 saturated heterocycles. The maximum absolute atomic E-state index is 13.3. The highest BCUT2D eigenvalue weighted by Gasteiger charge is 2.30. The van der Waals surface area contributed by atoms with Crippen LogP contribution < -0.4 is 5.32 Å². The predicted molar refractivity (Wildman–Crippen MR) is 171 cm³/mol. The molecule has 1 aliphatic heterocycles. The number of nitrogens with one attached hydrogen (secondary N) is 1. The van der Waals surface area contributed by atoms with Crippen molar-refractivity contribution in [2.24, 2.45) is 0 Å². The van der Waals surface area contributed by atoms with Crippen molar-refractivity contribution in [2.75, 3.05) is 11.9 Å². The highest BCUT2D eigenvalue weighted by atomic mass is 35.5. The SMILES string of the molecule is O=C(Nc1ccc2c(c1)CCN(Cc1ccccc1Sc1ccc(Cl)cc1)C2)c1ccccc1-c1ccc(C(F)(F)F)cc1. The van der Waals surface area contributed by atoms with Crippen LogP contribution in [0.25, 0.3) is 11.1 Å². The molecule has 0 atom stereocenters. The first kappa shape index (κ1) is 30.0. The van der Waals surface area contributed by atoms with E-state index in [-0.39, 0.29) is 5.91 Å². The Morgan fingerprint density at radius 3 is 2.34 bits per heavy atom. The largest absolute Gasteiger partial charge is 0.416 e. The number of anilines is 1. The Bertz CT molecular complexity index is 1790. The van der Waals surface area contributed by atoms with Crippen molar-refractivity contribution < 1.29 is 18.0 Å². The third kappa shape index (κ3) is 7.02. The van der Waals surface area contributed by atoms with Gasteiger partial charge in [-0.15, -0.1) is 0 Å². The summed E-state index contributed by atoms with van der Waals surface area (Å²) >= 11 is 7.79. The summed E-state index contributed by atoms with van der Waals surface area (Å²) in [4.78, 5) is 18.1. The van der Waals surface area contributed by atoms with E-state index >= 15 is 0 Å². The second kappa shape index (κ2) is 12.9. The van der Waals surface area contributed by atoms with Gasteiger partial charge in [-0.1, -0.05) is 78.0 Å². The van der Waals surface area contributed by atoms with E-state index in [9.17, 15) is 18.0 Å². The summed E-state index contributed by atoms with van der Waals surface area (Å²) in [5.74, 6) is -0.312. The number of benzene rings is 5. The lowest BCUT2D eigenvalue weighted by atomic mass is 9.97. The molecule has 1 heterocycles. The summed E-state index contributed by atoms with van der Waals surface area (Å²) in [6.45, 7) is 2.52.